The number of benzene rings is 2. The van der Waals surface area contributed by atoms with E-state index in [1.165, 1.54) is 0 Å². The molecule has 3 rings (SSSR count). The average Bonchev–Trinajstić information content (AvgIpc) is 2.95. The second-order valence-corrected chi connectivity index (χ2v) is 10.5. The number of carbonyl (C=O) groups excluding carboxylic acids is 1. The molecule has 0 saturated heterocycles. The first kappa shape index (κ1) is 25.9. The monoisotopic (exact) mass is 502 g/mol. The van der Waals surface area contributed by atoms with Crippen LogP contribution in [0.3, 0.4) is 0 Å². The molecular weight excluding hydrogens is 468 g/mol. The normalized spacial score (nSPS) is 13.6. The fraction of sp³-hybridized carbons (Fsp3) is 0.462. The van der Waals surface area contributed by atoms with Crippen molar-refractivity contribution < 1.29 is 14.6 Å². The molecule has 1 aliphatic heterocycles. The minimum absolute atomic E-state index is 0. The smallest absolute Gasteiger partial charge is 0.182 e. The number of nitrogens with one attached hydrogen (secondary N) is 1. The summed E-state index contributed by atoms with van der Waals surface area (Å²) >= 11 is 0. The van der Waals surface area contributed by atoms with Crippen molar-refractivity contribution >= 4 is 28.6 Å². The minimum Gasteiger partial charge on any atom is -0.507 e. The number of ketones is 1. The molecule has 0 radical (unpaired) electrons. The topological polar surface area (TPSA) is 73.6 Å². The maximum Gasteiger partial charge on any atom is 0.182 e. The van der Waals surface area contributed by atoms with Crippen LogP contribution in [0.4, 0.5) is 0 Å². The molecule has 0 saturated carbocycles. The lowest BCUT2D eigenvalue weighted by molar-refractivity contribution is 0.0962. The van der Waals surface area contributed by atoms with Crippen LogP contribution >= 0.6 is 17.0 Å². The van der Waals surface area contributed by atoms with Gasteiger partial charge < -0.3 is 14.7 Å². The SMILES string of the molecule is Br.COc1cc(C)c2c(c1)CN(CC(=O)c1cc(C(C)(C)C)c(O)c(C(C)(C)C)c1)C2=N. The molecule has 0 unspecified atom stereocenters. The Morgan fingerprint density at radius 2 is 1.59 bits per heavy atom. The fourth-order valence-electron chi connectivity index (χ4n) is 4.19. The molecule has 1 aliphatic rings. The van der Waals surface area contributed by atoms with Crippen molar-refractivity contribution in [3.05, 3.63) is 57.6 Å². The van der Waals surface area contributed by atoms with Crippen LogP contribution in [-0.2, 0) is 17.4 Å². The van der Waals surface area contributed by atoms with E-state index in [1.54, 1.807) is 12.0 Å². The van der Waals surface area contributed by atoms with E-state index < -0.39 is 0 Å². The van der Waals surface area contributed by atoms with Crippen molar-refractivity contribution in [1.82, 2.24) is 4.90 Å². The summed E-state index contributed by atoms with van der Waals surface area (Å²) in [6, 6.07) is 7.49. The molecule has 0 atom stereocenters. The summed E-state index contributed by atoms with van der Waals surface area (Å²) in [6.45, 7) is 14.8. The molecule has 1 heterocycles. The average molecular weight is 503 g/mol. The quantitative estimate of drug-likeness (QED) is 0.509. The van der Waals surface area contributed by atoms with Gasteiger partial charge in [0, 0.05) is 28.8 Å². The second kappa shape index (κ2) is 8.89. The summed E-state index contributed by atoms with van der Waals surface area (Å²) in [7, 11) is 1.63. The third-order valence-corrected chi connectivity index (χ3v) is 5.92. The number of Topliss-reactive ketones (excluding diaryl/α,β-unsaturated/α-hetero) is 1. The number of phenolic OH excluding ortho intramolecular Hbond substituents is 1. The third kappa shape index (κ3) is 4.85. The van der Waals surface area contributed by atoms with Gasteiger partial charge in [-0.3, -0.25) is 10.2 Å². The fourth-order valence-corrected chi connectivity index (χ4v) is 4.19. The number of carbonyl (C=O) groups is 1. The molecular formula is C26H35BrN2O3. The highest BCUT2D eigenvalue weighted by Gasteiger charge is 2.31. The Balaban J connectivity index is 0.00000363. The Kier molecular flexibility index (Phi) is 7.20. The number of hydrogen-bond acceptors (Lipinski definition) is 4. The number of phenols is 1. The van der Waals surface area contributed by atoms with Gasteiger partial charge in [-0.15, -0.1) is 17.0 Å². The summed E-state index contributed by atoms with van der Waals surface area (Å²) in [5, 5.41) is 19.5. The Labute approximate surface area is 202 Å². The first-order valence-electron chi connectivity index (χ1n) is 10.7. The van der Waals surface area contributed by atoms with Crippen molar-refractivity contribution in [3.8, 4) is 11.5 Å². The molecule has 32 heavy (non-hydrogen) atoms. The van der Waals surface area contributed by atoms with Gasteiger partial charge in [0.05, 0.1) is 13.7 Å². The van der Waals surface area contributed by atoms with Crippen molar-refractivity contribution in [3.63, 3.8) is 0 Å². The second-order valence-electron chi connectivity index (χ2n) is 10.5. The Hall–Kier alpha value is -2.34. The van der Waals surface area contributed by atoms with Crippen LogP contribution in [0.15, 0.2) is 24.3 Å². The van der Waals surface area contributed by atoms with E-state index in [4.69, 9.17) is 10.1 Å². The zero-order chi connectivity index (χ0) is 23.3. The number of nitrogens with zero attached hydrogens (tertiary/aromatic N) is 1. The molecule has 0 aliphatic carbocycles. The lowest BCUT2D eigenvalue weighted by Crippen LogP contribution is -2.31. The van der Waals surface area contributed by atoms with Crippen molar-refractivity contribution in [2.24, 2.45) is 0 Å². The molecule has 2 aromatic carbocycles. The van der Waals surface area contributed by atoms with E-state index in [2.05, 4.69) is 0 Å². The Bertz CT molecular complexity index is 1030. The van der Waals surface area contributed by atoms with E-state index in [0.29, 0.717) is 17.9 Å². The number of fused-ring (bicyclic) bond motifs is 1. The zero-order valence-electron chi connectivity index (χ0n) is 20.3. The predicted molar refractivity (Wildman–Crippen MR) is 135 cm³/mol. The first-order chi connectivity index (χ1) is 14.2. The lowest BCUT2D eigenvalue weighted by atomic mass is 9.78. The van der Waals surface area contributed by atoms with Crippen molar-refractivity contribution in [1.29, 1.82) is 5.41 Å². The number of halogens is 1. The molecule has 0 amide bonds. The number of aromatic hydroxyl groups is 1. The van der Waals surface area contributed by atoms with Gasteiger partial charge >= 0.3 is 0 Å². The van der Waals surface area contributed by atoms with E-state index in [0.717, 1.165) is 33.6 Å². The molecule has 2 N–H and O–H groups in total. The molecule has 0 bridgehead atoms. The van der Waals surface area contributed by atoms with Crippen molar-refractivity contribution in [2.45, 2.75) is 65.8 Å². The largest absolute Gasteiger partial charge is 0.507 e. The molecule has 0 aromatic heterocycles. The van der Waals surface area contributed by atoms with Gasteiger partial charge in [0.2, 0.25) is 0 Å². The molecule has 174 valence electrons. The van der Waals surface area contributed by atoms with Crippen molar-refractivity contribution in [2.75, 3.05) is 13.7 Å². The zero-order valence-corrected chi connectivity index (χ0v) is 22.1. The highest BCUT2D eigenvalue weighted by molar-refractivity contribution is 8.93. The number of ether oxygens (including phenoxy) is 1. The van der Waals surface area contributed by atoms with Gasteiger partial charge in [0.1, 0.15) is 17.3 Å². The van der Waals surface area contributed by atoms with E-state index in [9.17, 15) is 9.90 Å². The highest BCUT2D eigenvalue weighted by atomic mass is 79.9. The van der Waals surface area contributed by atoms with Crippen LogP contribution in [0, 0.1) is 12.3 Å². The van der Waals surface area contributed by atoms with Crippen LogP contribution in [0.2, 0.25) is 0 Å². The first-order valence-corrected chi connectivity index (χ1v) is 10.7. The summed E-state index contributed by atoms with van der Waals surface area (Å²) in [6.07, 6.45) is 0. The standard InChI is InChI=1S/C26H34N2O3.BrH/c1-15-9-18(31-8)10-17-13-28(24(27)22(15)17)14-21(29)16-11-19(25(2,3)4)23(30)20(12-16)26(5,6)7;/h9-12,27,30H,13-14H2,1-8H3;1H. The van der Waals surface area contributed by atoms with Gasteiger partial charge in [-0.25, -0.2) is 0 Å². The van der Waals surface area contributed by atoms with Crippen LogP contribution in [-0.4, -0.2) is 35.3 Å². The molecule has 5 nitrogen and oxygen atoms in total. The Morgan fingerprint density at radius 1 is 1.06 bits per heavy atom. The van der Waals surface area contributed by atoms with Crippen LogP contribution < -0.4 is 4.74 Å². The van der Waals surface area contributed by atoms with Crippen LogP contribution in [0.5, 0.6) is 11.5 Å². The summed E-state index contributed by atoms with van der Waals surface area (Å²) in [5.41, 5.74) is 4.37. The summed E-state index contributed by atoms with van der Waals surface area (Å²) in [4.78, 5) is 15.1. The van der Waals surface area contributed by atoms with Gasteiger partial charge in [-0.05, 0) is 53.1 Å². The van der Waals surface area contributed by atoms with Crippen LogP contribution in [0.25, 0.3) is 0 Å². The number of rotatable bonds is 4. The van der Waals surface area contributed by atoms with Crippen LogP contribution in [0.1, 0.15) is 79.7 Å². The van der Waals surface area contributed by atoms with Gasteiger partial charge in [-0.1, -0.05) is 41.5 Å². The number of methoxy groups -OCH3 is 1. The molecule has 0 fully saturated rings. The van der Waals surface area contributed by atoms with E-state index in [-0.39, 0.29) is 45.9 Å². The molecule has 2 aromatic rings. The van der Waals surface area contributed by atoms with Gasteiger partial charge in [-0.2, -0.15) is 0 Å². The van der Waals surface area contributed by atoms with Gasteiger partial charge in [0.25, 0.3) is 0 Å². The molecule has 0 spiro atoms. The summed E-state index contributed by atoms with van der Waals surface area (Å²) < 4.78 is 5.36. The van der Waals surface area contributed by atoms with E-state index >= 15 is 0 Å². The Morgan fingerprint density at radius 3 is 2.06 bits per heavy atom. The highest BCUT2D eigenvalue weighted by Crippen LogP contribution is 2.40. The van der Waals surface area contributed by atoms with E-state index in [1.807, 2.05) is 72.7 Å². The maximum absolute atomic E-state index is 13.3. The molecule has 6 heteroatoms. The summed E-state index contributed by atoms with van der Waals surface area (Å²) in [5.74, 6) is 1.34. The predicted octanol–water partition coefficient (Wildman–Crippen LogP) is 5.91. The third-order valence-electron chi connectivity index (χ3n) is 5.92. The lowest BCUT2D eigenvalue weighted by Gasteiger charge is -2.28. The van der Waals surface area contributed by atoms with Gasteiger partial charge in [0.15, 0.2) is 5.78 Å². The number of hydrogen-bond donors (Lipinski definition) is 2. The number of aryl methyl sites for hydroxylation is 1. The maximum atomic E-state index is 13.3. The minimum atomic E-state index is -0.301. The number of amidine groups is 1.